The molecular formula is C29H34Cl2F2N4O5. The van der Waals surface area contributed by atoms with E-state index in [0.717, 1.165) is 25.7 Å². The van der Waals surface area contributed by atoms with Crippen molar-refractivity contribution in [2.24, 2.45) is 10.9 Å². The molecule has 0 bridgehead atoms. The normalized spacial score (nSPS) is 18.7. The number of aromatic nitrogens is 1. The van der Waals surface area contributed by atoms with Crippen LogP contribution in [0, 0.1) is 5.92 Å². The summed E-state index contributed by atoms with van der Waals surface area (Å²) in [7, 11) is 0. The predicted molar refractivity (Wildman–Crippen MR) is 155 cm³/mol. The first-order valence-electron chi connectivity index (χ1n) is 13.8. The molecule has 2 unspecified atom stereocenters. The van der Waals surface area contributed by atoms with Crippen molar-refractivity contribution in [2.45, 2.75) is 76.0 Å². The number of hydrogen-bond acceptors (Lipinski definition) is 7. The van der Waals surface area contributed by atoms with Crippen LogP contribution in [0.4, 0.5) is 14.6 Å². The first kappa shape index (κ1) is 31.9. The van der Waals surface area contributed by atoms with Crippen molar-refractivity contribution in [3.8, 4) is 11.5 Å². The Morgan fingerprint density at radius 2 is 1.95 bits per heavy atom. The fourth-order valence-electron chi connectivity index (χ4n) is 4.36. The van der Waals surface area contributed by atoms with E-state index < -0.39 is 23.5 Å². The third-order valence-corrected chi connectivity index (χ3v) is 7.77. The third-order valence-electron chi connectivity index (χ3n) is 7.18. The Morgan fingerprint density at radius 1 is 1.24 bits per heavy atom. The number of aliphatic hydroxyl groups is 1. The van der Waals surface area contributed by atoms with Gasteiger partial charge in [0.2, 0.25) is 0 Å². The summed E-state index contributed by atoms with van der Waals surface area (Å²) in [6, 6.07) is 4.59. The first-order chi connectivity index (χ1) is 19.9. The van der Waals surface area contributed by atoms with Crippen molar-refractivity contribution >= 4 is 47.0 Å². The van der Waals surface area contributed by atoms with Crippen molar-refractivity contribution in [3.05, 3.63) is 46.1 Å². The molecule has 2 aliphatic carbocycles. The number of pyridine rings is 1. The summed E-state index contributed by atoms with van der Waals surface area (Å²) in [6.45, 7) is 3.09. The number of nitrogens with zero attached hydrogens (tertiary/aromatic N) is 2. The number of benzene rings is 1. The van der Waals surface area contributed by atoms with E-state index in [2.05, 4.69) is 20.6 Å². The van der Waals surface area contributed by atoms with Crippen LogP contribution in [0.1, 0.15) is 62.7 Å². The van der Waals surface area contributed by atoms with Gasteiger partial charge in [0.1, 0.15) is 18.1 Å². The van der Waals surface area contributed by atoms with Crippen LogP contribution in [-0.4, -0.2) is 64.9 Å². The van der Waals surface area contributed by atoms with Gasteiger partial charge in [-0.15, -0.1) is 0 Å². The molecule has 228 valence electrons. The summed E-state index contributed by atoms with van der Waals surface area (Å²) < 4.78 is 37.5. The van der Waals surface area contributed by atoms with E-state index >= 15 is 0 Å². The molecule has 2 amide bonds. The molecule has 0 radical (unpaired) electrons. The van der Waals surface area contributed by atoms with E-state index in [4.69, 9.17) is 37.8 Å². The summed E-state index contributed by atoms with van der Waals surface area (Å²) in [5.74, 6) is -2.48. The Hall–Kier alpha value is -3.02. The van der Waals surface area contributed by atoms with E-state index in [-0.39, 0.29) is 58.7 Å². The van der Waals surface area contributed by atoms with Gasteiger partial charge in [-0.1, -0.05) is 42.5 Å². The molecule has 0 aliphatic heterocycles. The number of alkyl halides is 2. The largest absolute Gasteiger partial charge is 0.489 e. The SMILES string of the molecule is CC(C)(Oc1cc(OCCO)c(Cl)cc1Cl)C(=O)NC(CC=Nc1ccc(C(=O)NC2CC2(F)F)cn1)CC1CCC1. The van der Waals surface area contributed by atoms with Gasteiger partial charge in [-0.05, 0) is 44.4 Å². The number of aliphatic hydroxyl groups excluding tert-OH is 1. The zero-order chi connectivity index (χ0) is 30.5. The lowest BCUT2D eigenvalue weighted by Gasteiger charge is -2.32. The number of aliphatic imine (C=N–C) groups is 1. The van der Waals surface area contributed by atoms with Crippen molar-refractivity contribution in [2.75, 3.05) is 13.2 Å². The quantitative estimate of drug-likeness (QED) is 0.237. The van der Waals surface area contributed by atoms with Gasteiger partial charge >= 0.3 is 0 Å². The molecule has 2 atom stereocenters. The molecule has 2 fully saturated rings. The summed E-state index contributed by atoms with van der Waals surface area (Å²) in [5, 5.41) is 14.9. The number of ether oxygens (including phenoxy) is 2. The molecule has 3 N–H and O–H groups in total. The minimum atomic E-state index is -2.85. The maximum Gasteiger partial charge on any atom is 0.270 e. The molecule has 2 saturated carbocycles. The monoisotopic (exact) mass is 626 g/mol. The van der Waals surface area contributed by atoms with Crippen LogP contribution in [0.5, 0.6) is 11.5 Å². The number of amides is 2. The second-order valence-electron chi connectivity index (χ2n) is 11.0. The number of carbonyl (C=O) groups is 2. The minimum Gasteiger partial charge on any atom is -0.489 e. The predicted octanol–water partition coefficient (Wildman–Crippen LogP) is 5.52. The summed E-state index contributed by atoms with van der Waals surface area (Å²) in [4.78, 5) is 34.0. The summed E-state index contributed by atoms with van der Waals surface area (Å²) >= 11 is 12.5. The van der Waals surface area contributed by atoms with Gasteiger partial charge in [0.25, 0.3) is 17.7 Å². The zero-order valence-corrected chi connectivity index (χ0v) is 24.9. The van der Waals surface area contributed by atoms with Crippen LogP contribution in [0.2, 0.25) is 10.0 Å². The van der Waals surface area contributed by atoms with Gasteiger partial charge in [-0.3, -0.25) is 9.59 Å². The van der Waals surface area contributed by atoms with Crippen LogP contribution < -0.4 is 20.1 Å². The van der Waals surface area contributed by atoms with E-state index in [9.17, 15) is 18.4 Å². The molecule has 1 aromatic heterocycles. The maximum absolute atomic E-state index is 13.3. The first-order valence-corrected chi connectivity index (χ1v) is 14.5. The Morgan fingerprint density at radius 3 is 2.55 bits per heavy atom. The molecule has 2 aliphatic rings. The molecule has 42 heavy (non-hydrogen) atoms. The number of carbonyl (C=O) groups excluding carboxylic acids is 2. The average molecular weight is 628 g/mol. The molecule has 2 aromatic rings. The molecule has 4 rings (SSSR count). The summed E-state index contributed by atoms with van der Waals surface area (Å²) in [5.41, 5.74) is -1.13. The highest BCUT2D eigenvalue weighted by Gasteiger charge is 2.57. The van der Waals surface area contributed by atoms with E-state index in [1.165, 1.54) is 30.5 Å². The molecule has 1 heterocycles. The van der Waals surface area contributed by atoms with Gasteiger partial charge in [-0.2, -0.15) is 0 Å². The van der Waals surface area contributed by atoms with E-state index in [1.807, 2.05) is 0 Å². The standard InChI is InChI=1S/C29H34Cl2F2N4O5/c1-28(2,42-23-14-22(41-11-10-38)20(30)13-21(23)31)27(40)36-19(12-17-4-3-5-17)8-9-34-25-7-6-18(16-35-25)26(39)37-24-15-29(24,32)33/h6-7,9,13-14,16-17,19,24,38H,3-5,8,10-12,15H2,1-2H3,(H,36,40)(H,37,39). The molecular weight excluding hydrogens is 593 g/mol. The highest BCUT2D eigenvalue weighted by molar-refractivity contribution is 6.36. The van der Waals surface area contributed by atoms with Gasteiger partial charge in [-0.25, -0.2) is 18.8 Å². The molecule has 0 spiro atoms. The van der Waals surface area contributed by atoms with Gasteiger partial charge in [0, 0.05) is 37.4 Å². The lowest BCUT2D eigenvalue weighted by atomic mass is 9.80. The van der Waals surface area contributed by atoms with Crippen LogP contribution in [0.15, 0.2) is 35.5 Å². The molecule has 9 nitrogen and oxygen atoms in total. The second kappa shape index (κ2) is 13.5. The fraction of sp³-hybridized carbons (Fsp3) is 0.517. The lowest BCUT2D eigenvalue weighted by molar-refractivity contribution is -0.135. The van der Waals surface area contributed by atoms with Crippen LogP contribution in [0.3, 0.4) is 0 Å². The fourth-order valence-corrected chi connectivity index (χ4v) is 4.84. The Bertz CT molecular complexity index is 1310. The van der Waals surface area contributed by atoms with Gasteiger partial charge in [0.15, 0.2) is 11.4 Å². The smallest absolute Gasteiger partial charge is 0.270 e. The molecule has 13 heteroatoms. The number of rotatable bonds is 14. The van der Waals surface area contributed by atoms with Crippen LogP contribution in [-0.2, 0) is 4.79 Å². The Balaban J connectivity index is 1.36. The third kappa shape index (κ3) is 8.52. The topological polar surface area (TPSA) is 122 Å². The summed E-state index contributed by atoms with van der Waals surface area (Å²) in [6.07, 6.45) is 7.14. The Kier molecular flexibility index (Phi) is 10.3. The van der Waals surface area contributed by atoms with Crippen LogP contribution in [0.25, 0.3) is 0 Å². The number of halogens is 4. The second-order valence-corrected chi connectivity index (χ2v) is 11.9. The van der Waals surface area contributed by atoms with E-state index in [0.29, 0.717) is 18.2 Å². The van der Waals surface area contributed by atoms with Crippen molar-refractivity contribution < 1.29 is 33.0 Å². The number of nitrogens with one attached hydrogen (secondary N) is 2. The zero-order valence-electron chi connectivity index (χ0n) is 23.3. The minimum absolute atomic E-state index is 0.0337. The van der Waals surface area contributed by atoms with Crippen molar-refractivity contribution in [3.63, 3.8) is 0 Å². The van der Waals surface area contributed by atoms with Crippen molar-refractivity contribution in [1.82, 2.24) is 15.6 Å². The molecule has 0 saturated heterocycles. The van der Waals surface area contributed by atoms with Crippen molar-refractivity contribution in [1.29, 1.82) is 0 Å². The van der Waals surface area contributed by atoms with Crippen LogP contribution >= 0.6 is 23.2 Å². The average Bonchev–Trinajstić information content (AvgIpc) is 3.51. The van der Waals surface area contributed by atoms with Gasteiger partial charge in [0.05, 0.1) is 28.3 Å². The molecule has 1 aromatic carbocycles. The van der Waals surface area contributed by atoms with E-state index in [1.54, 1.807) is 20.1 Å². The number of hydrogen-bond donors (Lipinski definition) is 3. The Labute approximate surface area is 253 Å². The highest BCUT2D eigenvalue weighted by Crippen LogP contribution is 2.42. The maximum atomic E-state index is 13.3. The lowest BCUT2D eigenvalue weighted by Crippen LogP contribution is -2.50. The van der Waals surface area contributed by atoms with Gasteiger partial charge < -0.3 is 25.2 Å². The highest BCUT2D eigenvalue weighted by atomic mass is 35.5.